The third-order valence-corrected chi connectivity index (χ3v) is 3.18. The van der Waals surface area contributed by atoms with E-state index in [9.17, 15) is 4.79 Å². The van der Waals surface area contributed by atoms with Crippen LogP contribution >= 0.6 is 11.6 Å². The lowest BCUT2D eigenvalue weighted by Crippen LogP contribution is -2.38. The SMILES string of the molecule is O=C(Cn1cc(Cl)cn1)NCCCN1CCOCC1. The molecule has 0 spiro atoms. The Morgan fingerprint density at radius 1 is 1.47 bits per heavy atom. The van der Waals surface area contributed by atoms with Crippen molar-refractivity contribution in [1.82, 2.24) is 20.0 Å². The van der Waals surface area contributed by atoms with Gasteiger partial charge < -0.3 is 10.1 Å². The second kappa shape index (κ2) is 7.47. The molecule has 0 radical (unpaired) electrons. The first-order valence-electron chi connectivity index (χ1n) is 6.49. The Hall–Kier alpha value is -1.11. The van der Waals surface area contributed by atoms with Crippen molar-refractivity contribution in [3.8, 4) is 0 Å². The lowest BCUT2D eigenvalue weighted by atomic mass is 10.3. The van der Waals surface area contributed by atoms with Crippen molar-refractivity contribution in [1.29, 1.82) is 0 Å². The molecule has 1 aromatic heterocycles. The third kappa shape index (κ3) is 5.18. The Kier molecular flexibility index (Phi) is 5.62. The van der Waals surface area contributed by atoms with E-state index in [1.807, 2.05) is 0 Å². The van der Waals surface area contributed by atoms with E-state index in [0.717, 1.165) is 39.3 Å². The fourth-order valence-corrected chi connectivity index (χ4v) is 2.14. The number of carbonyl (C=O) groups excluding carboxylic acids is 1. The number of amides is 1. The summed E-state index contributed by atoms with van der Waals surface area (Å²) in [4.78, 5) is 14.0. The Morgan fingerprint density at radius 3 is 2.95 bits per heavy atom. The number of rotatable bonds is 6. The van der Waals surface area contributed by atoms with Crippen molar-refractivity contribution in [3.63, 3.8) is 0 Å². The van der Waals surface area contributed by atoms with Crippen molar-refractivity contribution in [2.75, 3.05) is 39.4 Å². The van der Waals surface area contributed by atoms with E-state index in [0.29, 0.717) is 11.6 Å². The summed E-state index contributed by atoms with van der Waals surface area (Å²) >= 11 is 5.73. The molecule has 0 unspecified atom stereocenters. The maximum Gasteiger partial charge on any atom is 0.241 e. The highest BCUT2D eigenvalue weighted by Gasteiger charge is 2.09. The molecule has 2 heterocycles. The average molecular weight is 287 g/mol. The number of ether oxygens (including phenoxy) is 1. The van der Waals surface area contributed by atoms with Crippen LogP contribution in [0.1, 0.15) is 6.42 Å². The lowest BCUT2D eigenvalue weighted by Gasteiger charge is -2.26. The molecule has 0 aliphatic carbocycles. The average Bonchev–Trinajstić information content (AvgIpc) is 2.81. The molecule has 0 bridgehead atoms. The van der Waals surface area contributed by atoms with Crippen LogP contribution in [0.2, 0.25) is 5.02 Å². The molecule has 1 fully saturated rings. The van der Waals surface area contributed by atoms with Gasteiger partial charge in [0.2, 0.25) is 5.91 Å². The van der Waals surface area contributed by atoms with Gasteiger partial charge in [-0.05, 0) is 13.0 Å². The lowest BCUT2D eigenvalue weighted by molar-refractivity contribution is -0.121. The Morgan fingerprint density at radius 2 is 2.26 bits per heavy atom. The number of hydrogen-bond acceptors (Lipinski definition) is 4. The zero-order valence-corrected chi connectivity index (χ0v) is 11.6. The fraction of sp³-hybridized carbons (Fsp3) is 0.667. The molecule has 106 valence electrons. The van der Waals surface area contributed by atoms with E-state index in [1.165, 1.54) is 10.9 Å². The maximum atomic E-state index is 11.6. The second-order valence-electron chi connectivity index (χ2n) is 4.51. The summed E-state index contributed by atoms with van der Waals surface area (Å²) in [6.45, 7) is 5.49. The molecule has 1 aliphatic heterocycles. The van der Waals surface area contributed by atoms with Gasteiger partial charge in [-0.1, -0.05) is 11.6 Å². The summed E-state index contributed by atoms with van der Waals surface area (Å²) in [5, 5.41) is 7.38. The summed E-state index contributed by atoms with van der Waals surface area (Å²) in [7, 11) is 0. The van der Waals surface area contributed by atoms with E-state index in [4.69, 9.17) is 16.3 Å². The first kappa shape index (κ1) is 14.3. The highest BCUT2D eigenvalue weighted by molar-refractivity contribution is 6.30. The molecule has 1 aromatic rings. The van der Waals surface area contributed by atoms with E-state index in [-0.39, 0.29) is 12.5 Å². The van der Waals surface area contributed by atoms with E-state index >= 15 is 0 Å². The van der Waals surface area contributed by atoms with Gasteiger partial charge in [-0.2, -0.15) is 5.10 Å². The molecular weight excluding hydrogens is 268 g/mol. The maximum absolute atomic E-state index is 11.6. The van der Waals surface area contributed by atoms with Gasteiger partial charge in [0.05, 0.1) is 24.4 Å². The summed E-state index contributed by atoms with van der Waals surface area (Å²) < 4.78 is 6.81. The highest BCUT2D eigenvalue weighted by atomic mass is 35.5. The quantitative estimate of drug-likeness (QED) is 0.768. The minimum absolute atomic E-state index is 0.0401. The van der Waals surface area contributed by atoms with E-state index < -0.39 is 0 Å². The molecule has 1 aliphatic rings. The molecule has 6 nitrogen and oxygen atoms in total. The van der Waals surface area contributed by atoms with E-state index in [1.54, 1.807) is 6.20 Å². The van der Waals surface area contributed by atoms with Crippen molar-refractivity contribution in [2.45, 2.75) is 13.0 Å². The molecule has 2 rings (SSSR count). The summed E-state index contributed by atoms with van der Waals surface area (Å²) in [5.74, 6) is -0.0401. The predicted octanol–water partition coefficient (Wildman–Crippen LogP) is 0.375. The van der Waals surface area contributed by atoms with Gasteiger partial charge in [0.25, 0.3) is 0 Å². The van der Waals surface area contributed by atoms with Gasteiger partial charge >= 0.3 is 0 Å². The monoisotopic (exact) mass is 286 g/mol. The first-order chi connectivity index (χ1) is 9.24. The molecule has 1 amide bonds. The number of halogens is 1. The summed E-state index contributed by atoms with van der Waals surface area (Å²) in [6, 6.07) is 0. The van der Waals surface area contributed by atoms with Crippen LogP contribution in [0.3, 0.4) is 0 Å². The summed E-state index contributed by atoms with van der Waals surface area (Å²) in [6.07, 6.45) is 4.10. The van der Waals surface area contributed by atoms with Crippen LogP contribution in [0.5, 0.6) is 0 Å². The number of hydrogen-bond donors (Lipinski definition) is 1. The third-order valence-electron chi connectivity index (χ3n) is 2.98. The minimum Gasteiger partial charge on any atom is -0.379 e. The second-order valence-corrected chi connectivity index (χ2v) is 4.95. The predicted molar refractivity (Wildman–Crippen MR) is 72.1 cm³/mol. The fourth-order valence-electron chi connectivity index (χ4n) is 1.98. The van der Waals surface area contributed by atoms with Gasteiger partial charge in [0.1, 0.15) is 6.54 Å². The number of carbonyl (C=O) groups is 1. The minimum atomic E-state index is -0.0401. The normalized spacial score (nSPS) is 16.5. The van der Waals surface area contributed by atoms with E-state index in [2.05, 4.69) is 15.3 Å². The van der Waals surface area contributed by atoms with Crippen LogP contribution in [-0.2, 0) is 16.1 Å². The number of nitrogens with zero attached hydrogens (tertiary/aromatic N) is 3. The molecule has 0 aromatic carbocycles. The largest absolute Gasteiger partial charge is 0.379 e. The van der Waals surface area contributed by atoms with Crippen molar-refractivity contribution in [3.05, 3.63) is 17.4 Å². The smallest absolute Gasteiger partial charge is 0.241 e. The number of nitrogens with one attached hydrogen (secondary N) is 1. The van der Waals surface area contributed by atoms with Crippen LogP contribution in [0, 0.1) is 0 Å². The number of morpholine rings is 1. The van der Waals surface area contributed by atoms with Crippen LogP contribution in [0.4, 0.5) is 0 Å². The highest BCUT2D eigenvalue weighted by Crippen LogP contribution is 2.04. The van der Waals surface area contributed by atoms with Gasteiger partial charge in [-0.25, -0.2) is 0 Å². The van der Waals surface area contributed by atoms with Crippen LogP contribution < -0.4 is 5.32 Å². The first-order valence-corrected chi connectivity index (χ1v) is 6.86. The molecule has 19 heavy (non-hydrogen) atoms. The Bertz CT molecular complexity index is 404. The van der Waals surface area contributed by atoms with Crippen molar-refractivity contribution < 1.29 is 9.53 Å². The van der Waals surface area contributed by atoms with Crippen LogP contribution in [-0.4, -0.2) is 60.0 Å². The number of aromatic nitrogens is 2. The van der Waals surface area contributed by atoms with Gasteiger partial charge in [-0.3, -0.25) is 14.4 Å². The zero-order chi connectivity index (χ0) is 13.5. The molecule has 1 N–H and O–H groups in total. The zero-order valence-electron chi connectivity index (χ0n) is 10.8. The van der Waals surface area contributed by atoms with Gasteiger partial charge in [0.15, 0.2) is 0 Å². The topological polar surface area (TPSA) is 59.4 Å². The van der Waals surface area contributed by atoms with Gasteiger partial charge in [-0.15, -0.1) is 0 Å². The van der Waals surface area contributed by atoms with Gasteiger partial charge in [0, 0.05) is 25.8 Å². The van der Waals surface area contributed by atoms with Crippen molar-refractivity contribution >= 4 is 17.5 Å². The molecular formula is C12H19ClN4O2. The molecule has 0 saturated carbocycles. The molecule has 7 heteroatoms. The van der Waals surface area contributed by atoms with Crippen molar-refractivity contribution in [2.24, 2.45) is 0 Å². The Balaban J connectivity index is 1.56. The Labute approximate surface area is 117 Å². The van der Waals surface area contributed by atoms with Crippen LogP contribution in [0.15, 0.2) is 12.4 Å². The van der Waals surface area contributed by atoms with Crippen LogP contribution in [0.25, 0.3) is 0 Å². The molecule has 1 saturated heterocycles. The molecule has 0 atom stereocenters. The standard InChI is InChI=1S/C12H19ClN4O2/c13-11-8-15-17(9-11)10-12(18)14-2-1-3-16-4-6-19-7-5-16/h8-9H,1-7,10H2,(H,14,18). The summed E-state index contributed by atoms with van der Waals surface area (Å²) in [5.41, 5.74) is 0.